The third-order valence-electron chi connectivity index (χ3n) is 8.03. The molecule has 4 aliphatic carbocycles. The van der Waals surface area contributed by atoms with Crippen molar-refractivity contribution in [3.8, 4) is 6.07 Å². The summed E-state index contributed by atoms with van der Waals surface area (Å²) in [5, 5.41) is 20.4. The average Bonchev–Trinajstić information content (AvgIpc) is 3.18. The van der Waals surface area contributed by atoms with Gasteiger partial charge in [0.25, 0.3) is 0 Å². The third-order valence-corrected chi connectivity index (χ3v) is 8.03. The largest absolute Gasteiger partial charge is 0.375 e. The standard InChI is InChI=1S/C21H27NO3/c1-19-7-4-16-15-5-9-21(24-10-11-25-21)12-14(15)2-3-17(16)18(19)6-8-20(19,23)13-22/h2,4,15,17-18,23H,3,5-12H2,1H3/t15-,17+,18-,19-,20-/m0/s1. The van der Waals surface area contributed by atoms with Gasteiger partial charge >= 0.3 is 0 Å². The maximum Gasteiger partial charge on any atom is 0.172 e. The van der Waals surface area contributed by atoms with Crippen LogP contribution in [0.2, 0.25) is 0 Å². The van der Waals surface area contributed by atoms with Gasteiger partial charge in [0.2, 0.25) is 0 Å². The number of fused-ring (bicyclic) bond motifs is 5. The van der Waals surface area contributed by atoms with Crippen molar-refractivity contribution in [2.24, 2.45) is 23.2 Å². The topological polar surface area (TPSA) is 62.5 Å². The van der Waals surface area contributed by atoms with E-state index in [9.17, 15) is 10.4 Å². The molecule has 0 aromatic rings. The van der Waals surface area contributed by atoms with Crippen LogP contribution in [-0.4, -0.2) is 29.7 Å². The van der Waals surface area contributed by atoms with E-state index >= 15 is 0 Å². The van der Waals surface area contributed by atoms with Gasteiger partial charge in [-0.25, -0.2) is 0 Å². The van der Waals surface area contributed by atoms with Crippen molar-refractivity contribution in [3.63, 3.8) is 0 Å². The predicted molar refractivity (Wildman–Crippen MR) is 92.3 cm³/mol. The second-order valence-electron chi connectivity index (χ2n) is 8.94. The summed E-state index contributed by atoms with van der Waals surface area (Å²) < 4.78 is 11.9. The molecule has 0 radical (unpaired) electrons. The van der Waals surface area contributed by atoms with Crippen molar-refractivity contribution in [2.75, 3.05) is 13.2 Å². The van der Waals surface area contributed by atoms with Gasteiger partial charge in [-0.2, -0.15) is 5.26 Å². The summed E-state index contributed by atoms with van der Waals surface area (Å²) in [6.45, 7) is 3.57. The summed E-state index contributed by atoms with van der Waals surface area (Å²) in [5.41, 5.74) is 1.61. The number of ether oxygens (including phenoxy) is 2. The Morgan fingerprint density at radius 2 is 2.00 bits per heavy atom. The van der Waals surface area contributed by atoms with E-state index in [0.717, 1.165) is 51.7 Å². The summed E-state index contributed by atoms with van der Waals surface area (Å²) in [4.78, 5) is 0. The van der Waals surface area contributed by atoms with Crippen molar-refractivity contribution in [1.29, 1.82) is 5.26 Å². The van der Waals surface area contributed by atoms with E-state index in [1.165, 1.54) is 5.57 Å². The number of rotatable bonds is 0. The van der Waals surface area contributed by atoms with Crippen molar-refractivity contribution in [3.05, 3.63) is 23.3 Å². The lowest BCUT2D eigenvalue weighted by Gasteiger charge is -2.50. The highest BCUT2D eigenvalue weighted by atomic mass is 16.7. The Balaban J connectivity index is 1.45. The molecule has 5 aliphatic rings. The first kappa shape index (κ1) is 16.1. The molecule has 0 bridgehead atoms. The lowest BCUT2D eigenvalue weighted by molar-refractivity contribution is -0.171. The summed E-state index contributed by atoms with van der Waals surface area (Å²) in [7, 11) is 0. The van der Waals surface area contributed by atoms with E-state index in [-0.39, 0.29) is 11.2 Å². The Bertz CT molecular complexity index is 698. The van der Waals surface area contributed by atoms with Crippen LogP contribution in [-0.2, 0) is 9.47 Å². The SMILES string of the molecule is C[C@]12CC=C3[C@H]4CCC5(CC4=CC[C@H]3[C@@H]1CC[C@]2(O)C#N)OCCO5. The monoisotopic (exact) mass is 341 g/mol. The van der Waals surface area contributed by atoms with Crippen LogP contribution in [0.15, 0.2) is 23.3 Å². The molecule has 4 nitrogen and oxygen atoms in total. The highest BCUT2D eigenvalue weighted by molar-refractivity contribution is 5.36. The lowest BCUT2D eigenvalue weighted by atomic mass is 9.55. The minimum atomic E-state index is -1.16. The minimum Gasteiger partial charge on any atom is -0.375 e. The number of aliphatic hydroxyl groups is 1. The molecule has 0 aromatic heterocycles. The van der Waals surface area contributed by atoms with Gasteiger partial charge in [-0.15, -0.1) is 0 Å². The fourth-order valence-corrected chi connectivity index (χ4v) is 6.53. The zero-order valence-electron chi connectivity index (χ0n) is 15.0. The molecule has 0 unspecified atom stereocenters. The van der Waals surface area contributed by atoms with E-state index in [1.54, 1.807) is 5.57 Å². The van der Waals surface area contributed by atoms with E-state index in [1.807, 2.05) is 0 Å². The number of hydrogen-bond acceptors (Lipinski definition) is 4. The van der Waals surface area contributed by atoms with Crippen LogP contribution in [0.3, 0.4) is 0 Å². The van der Waals surface area contributed by atoms with Crippen LogP contribution in [0.4, 0.5) is 0 Å². The molecule has 2 saturated carbocycles. The molecule has 1 N–H and O–H groups in total. The quantitative estimate of drug-likeness (QED) is 0.541. The average molecular weight is 341 g/mol. The van der Waals surface area contributed by atoms with Crippen molar-refractivity contribution >= 4 is 0 Å². The zero-order valence-corrected chi connectivity index (χ0v) is 15.0. The molecule has 3 fully saturated rings. The van der Waals surface area contributed by atoms with Gasteiger partial charge in [-0.05, 0) is 43.9 Å². The van der Waals surface area contributed by atoms with Crippen LogP contribution < -0.4 is 0 Å². The molecule has 5 rings (SSSR count). The number of hydrogen-bond donors (Lipinski definition) is 1. The van der Waals surface area contributed by atoms with Crippen LogP contribution in [0, 0.1) is 34.5 Å². The van der Waals surface area contributed by atoms with E-state index < -0.39 is 5.60 Å². The zero-order chi connectivity index (χ0) is 17.3. The molecule has 1 aliphatic heterocycles. The molecule has 4 heteroatoms. The van der Waals surface area contributed by atoms with E-state index in [4.69, 9.17) is 9.47 Å². The van der Waals surface area contributed by atoms with Gasteiger partial charge in [-0.3, -0.25) is 0 Å². The molecule has 1 heterocycles. The summed E-state index contributed by atoms with van der Waals surface area (Å²) in [6.07, 6.45) is 11.2. The second-order valence-corrected chi connectivity index (χ2v) is 8.94. The fourth-order valence-electron chi connectivity index (χ4n) is 6.53. The van der Waals surface area contributed by atoms with Crippen LogP contribution >= 0.6 is 0 Å². The fraction of sp³-hybridized carbons (Fsp3) is 0.762. The van der Waals surface area contributed by atoms with E-state index in [0.29, 0.717) is 24.2 Å². The lowest BCUT2D eigenvalue weighted by Crippen LogP contribution is -2.49. The first-order valence-corrected chi connectivity index (χ1v) is 9.81. The minimum absolute atomic E-state index is 0.297. The third kappa shape index (κ3) is 2.04. The first-order chi connectivity index (χ1) is 12.0. The molecule has 134 valence electrons. The normalized spacial score (nSPS) is 47.3. The molecular weight excluding hydrogens is 314 g/mol. The van der Waals surface area contributed by atoms with Crippen LogP contribution in [0.1, 0.15) is 51.9 Å². The van der Waals surface area contributed by atoms with Gasteiger partial charge in [0, 0.05) is 24.2 Å². The van der Waals surface area contributed by atoms with Crippen molar-refractivity contribution < 1.29 is 14.6 Å². The van der Waals surface area contributed by atoms with E-state index in [2.05, 4.69) is 25.1 Å². The molecule has 25 heavy (non-hydrogen) atoms. The Morgan fingerprint density at radius 1 is 1.20 bits per heavy atom. The number of nitrogens with zero attached hydrogens (tertiary/aromatic N) is 1. The van der Waals surface area contributed by atoms with Crippen LogP contribution in [0.25, 0.3) is 0 Å². The van der Waals surface area contributed by atoms with Gasteiger partial charge < -0.3 is 14.6 Å². The molecule has 0 amide bonds. The maximum absolute atomic E-state index is 10.9. The highest BCUT2D eigenvalue weighted by Gasteiger charge is 2.61. The number of allylic oxidation sites excluding steroid dienone is 3. The molecule has 5 atom stereocenters. The first-order valence-electron chi connectivity index (χ1n) is 9.81. The summed E-state index contributed by atoms with van der Waals surface area (Å²) >= 11 is 0. The Kier molecular flexibility index (Phi) is 3.33. The number of nitriles is 1. The summed E-state index contributed by atoms with van der Waals surface area (Å²) in [5.74, 6) is 1.09. The van der Waals surface area contributed by atoms with Gasteiger partial charge in [0.15, 0.2) is 11.4 Å². The molecule has 1 spiro atoms. The van der Waals surface area contributed by atoms with Gasteiger partial charge in [-0.1, -0.05) is 30.2 Å². The van der Waals surface area contributed by atoms with Gasteiger partial charge in [0.1, 0.15) is 0 Å². The maximum atomic E-state index is 10.9. The summed E-state index contributed by atoms with van der Waals surface area (Å²) in [6, 6.07) is 2.24. The van der Waals surface area contributed by atoms with Gasteiger partial charge in [0.05, 0.1) is 19.3 Å². The molecular formula is C21H27NO3. The smallest absolute Gasteiger partial charge is 0.172 e. The Labute approximate surface area is 149 Å². The van der Waals surface area contributed by atoms with Crippen LogP contribution in [0.5, 0.6) is 0 Å². The predicted octanol–water partition coefficient (Wildman–Crippen LogP) is 3.48. The van der Waals surface area contributed by atoms with Crippen molar-refractivity contribution in [2.45, 2.75) is 63.3 Å². The Morgan fingerprint density at radius 3 is 2.76 bits per heavy atom. The van der Waals surface area contributed by atoms with Crippen molar-refractivity contribution in [1.82, 2.24) is 0 Å². The molecule has 1 saturated heterocycles. The highest BCUT2D eigenvalue weighted by Crippen LogP contribution is 2.62. The molecule has 0 aromatic carbocycles. The second kappa shape index (κ2) is 5.19. The Hall–Kier alpha value is -1.15.